The molecule has 0 atom stereocenters. The van der Waals surface area contributed by atoms with Gasteiger partial charge >= 0.3 is 5.97 Å². The minimum absolute atomic E-state index is 0.129. The Morgan fingerprint density at radius 2 is 2.00 bits per heavy atom. The molecule has 2 aromatic carbocycles. The van der Waals surface area contributed by atoms with Gasteiger partial charge in [-0.15, -0.1) is 0 Å². The molecule has 3 nitrogen and oxygen atoms in total. The molecule has 0 bridgehead atoms. The summed E-state index contributed by atoms with van der Waals surface area (Å²) in [5.74, 6) is -1.86. The van der Waals surface area contributed by atoms with Crippen molar-refractivity contribution >= 4 is 17.6 Å². The van der Waals surface area contributed by atoms with Gasteiger partial charge in [0.25, 0.3) is 0 Å². The second kappa shape index (κ2) is 5.09. The van der Waals surface area contributed by atoms with Crippen LogP contribution in [0.25, 0.3) is 11.1 Å². The van der Waals surface area contributed by atoms with E-state index in [1.165, 1.54) is 24.3 Å². The number of hydrogen-bond donors (Lipinski definition) is 1. The van der Waals surface area contributed by atoms with Gasteiger partial charge in [-0.2, -0.15) is 5.26 Å². The fraction of sp³-hybridized carbons (Fsp3) is 0. The standard InChI is InChI=1S/C14H7ClFNO2/c15-12-4-2-8(5-10(12)7-17)11-3-1-9(14(18)19)6-13(11)16/h1-6H,(H,18,19). The molecule has 0 aliphatic rings. The van der Waals surface area contributed by atoms with Crippen LogP contribution in [0.5, 0.6) is 0 Å². The molecular formula is C14H7ClFNO2. The van der Waals surface area contributed by atoms with Crippen molar-refractivity contribution in [1.29, 1.82) is 5.26 Å². The lowest BCUT2D eigenvalue weighted by Crippen LogP contribution is -1.97. The molecule has 0 aromatic heterocycles. The number of rotatable bonds is 2. The molecule has 0 radical (unpaired) electrons. The Bertz CT molecular complexity index is 707. The number of nitriles is 1. The van der Waals surface area contributed by atoms with Gasteiger partial charge < -0.3 is 5.11 Å². The van der Waals surface area contributed by atoms with Crippen LogP contribution in [0.2, 0.25) is 5.02 Å². The van der Waals surface area contributed by atoms with Crippen LogP contribution in [0.3, 0.4) is 0 Å². The summed E-state index contributed by atoms with van der Waals surface area (Å²) in [4.78, 5) is 10.7. The quantitative estimate of drug-likeness (QED) is 0.909. The van der Waals surface area contributed by atoms with E-state index in [4.69, 9.17) is 22.0 Å². The predicted octanol–water partition coefficient (Wildman–Crippen LogP) is 3.72. The number of benzene rings is 2. The first-order valence-corrected chi connectivity index (χ1v) is 5.63. The van der Waals surface area contributed by atoms with Gasteiger partial charge in [0.15, 0.2) is 0 Å². The number of aromatic carboxylic acids is 1. The van der Waals surface area contributed by atoms with E-state index in [-0.39, 0.29) is 21.7 Å². The topological polar surface area (TPSA) is 61.1 Å². The predicted molar refractivity (Wildman–Crippen MR) is 68.5 cm³/mol. The molecule has 5 heteroatoms. The van der Waals surface area contributed by atoms with E-state index >= 15 is 0 Å². The number of carboxylic acids is 1. The fourth-order valence-electron chi connectivity index (χ4n) is 1.66. The Morgan fingerprint density at radius 3 is 2.58 bits per heavy atom. The van der Waals surface area contributed by atoms with Gasteiger partial charge in [-0.05, 0) is 29.8 Å². The van der Waals surface area contributed by atoms with Crippen molar-refractivity contribution in [2.75, 3.05) is 0 Å². The number of carbonyl (C=O) groups is 1. The molecule has 0 heterocycles. The van der Waals surface area contributed by atoms with E-state index in [2.05, 4.69) is 0 Å². The highest BCUT2D eigenvalue weighted by atomic mass is 35.5. The largest absolute Gasteiger partial charge is 0.478 e. The highest BCUT2D eigenvalue weighted by molar-refractivity contribution is 6.31. The maximum absolute atomic E-state index is 13.9. The zero-order valence-corrected chi connectivity index (χ0v) is 10.3. The maximum Gasteiger partial charge on any atom is 0.335 e. The molecule has 0 unspecified atom stereocenters. The number of halogens is 2. The van der Waals surface area contributed by atoms with E-state index in [9.17, 15) is 9.18 Å². The van der Waals surface area contributed by atoms with Crippen LogP contribution in [0.1, 0.15) is 15.9 Å². The van der Waals surface area contributed by atoms with Crippen LogP contribution < -0.4 is 0 Å². The van der Waals surface area contributed by atoms with Gasteiger partial charge in [0.2, 0.25) is 0 Å². The van der Waals surface area contributed by atoms with Crippen LogP contribution in [-0.2, 0) is 0 Å². The van der Waals surface area contributed by atoms with Crippen molar-refractivity contribution in [3.63, 3.8) is 0 Å². The average molecular weight is 276 g/mol. The third kappa shape index (κ3) is 2.56. The Labute approximate surface area is 113 Å². The third-order valence-electron chi connectivity index (χ3n) is 2.61. The SMILES string of the molecule is N#Cc1cc(-c2ccc(C(=O)O)cc2F)ccc1Cl. The summed E-state index contributed by atoms with van der Waals surface area (Å²) in [7, 11) is 0. The first-order valence-electron chi connectivity index (χ1n) is 5.26. The second-order valence-electron chi connectivity index (χ2n) is 3.81. The third-order valence-corrected chi connectivity index (χ3v) is 2.94. The van der Waals surface area contributed by atoms with Crippen molar-refractivity contribution < 1.29 is 14.3 Å². The lowest BCUT2D eigenvalue weighted by molar-refractivity contribution is 0.0696. The Morgan fingerprint density at radius 1 is 1.26 bits per heavy atom. The summed E-state index contributed by atoms with van der Waals surface area (Å²) in [6.45, 7) is 0. The van der Waals surface area contributed by atoms with E-state index in [1.807, 2.05) is 6.07 Å². The molecule has 0 aliphatic carbocycles. The fourth-order valence-corrected chi connectivity index (χ4v) is 1.82. The first-order chi connectivity index (χ1) is 9.02. The highest BCUT2D eigenvalue weighted by Crippen LogP contribution is 2.27. The highest BCUT2D eigenvalue weighted by Gasteiger charge is 2.11. The van der Waals surface area contributed by atoms with Gasteiger partial charge in [0.1, 0.15) is 11.9 Å². The average Bonchev–Trinajstić information content (AvgIpc) is 2.39. The zero-order valence-electron chi connectivity index (χ0n) is 9.52. The van der Waals surface area contributed by atoms with Crippen LogP contribution in [0.4, 0.5) is 4.39 Å². The monoisotopic (exact) mass is 275 g/mol. The van der Waals surface area contributed by atoms with Crippen LogP contribution in [-0.4, -0.2) is 11.1 Å². The van der Waals surface area contributed by atoms with Gasteiger partial charge in [0, 0.05) is 5.56 Å². The molecule has 0 saturated heterocycles. The number of carboxylic acid groups (broad SMARTS) is 1. The van der Waals surface area contributed by atoms with Gasteiger partial charge in [-0.3, -0.25) is 0 Å². The van der Waals surface area contributed by atoms with Crippen molar-refractivity contribution in [2.24, 2.45) is 0 Å². The summed E-state index contributed by atoms with van der Waals surface area (Å²) in [5, 5.41) is 17.9. The van der Waals surface area contributed by atoms with Crippen molar-refractivity contribution in [1.82, 2.24) is 0 Å². The molecule has 0 spiro atoms. The number of hydrogen-bond acceptors (Lipinski definition) is 2. The van der Waals surface area contributed by atoms with Crippen LogP contribution in [0.15, 0.2) is 36.4 Å². The first kappa shape index (κ1) is 13.1. The van der Waals surface area contributed by atoms with Crippen molar-refractivity contribution in [3.05, 3.63) is 58.4 Å². The van der Waals surface area contributed by atoms with E-state index < -0.39 is 11.8 Å². The van der Waals surface area contributed by atoms with Crippen molar-refractivity contribution in [3.8, 4) is 17.2 Å². The van der Waals surface area contributed by atoms with E-state index in [0.717, 1.165) is 6.07 Å². The molecule has 2 aromatic rings. The van der Waals surface area contributed by atoms with Gasteiger partial charge in [-0.1, -0.05) is 23.7 Å². The summed E-state index contributed by atoms with van der Waals surface area (Å²) in [6.07, 6.45) is 0. The summed E-state index contributed by atoms with van der Waals surface area (Å²) < 4.78 is 13.9. The summed E-state index contributed by atoms with van der Waals surface area (Å²) in [6, 6.07) is 10.1. The Balaban J connectivity index is 2.54. The molecule has 2 rings (SSSR count). The molecule has 1 N–H and O–H groups in total. The van der Waals surface area contributed by atoms with Gasteiger partial charge in [0.05, 0.1) is 16.1 Å². The molecule has 0 aliphatic heterocycles. The molecular weight excluding hydrogens is 269 g/mol. The summed E-state index contributed by atoms with van der Waals surface area (Å²) >= 11 is 5.80. The normalized spacial score (nSPS) is 9.95. The molecule has 94 valence electrons. The molecule has 0 amide bonds. The zero-order chi connectivity index (χ0) is 14.0. The minimum atomic E-state index is -1.20. The van der Waals surface area contributed by atoms with E-state index in [1.54, 1.807) is 6.07 Å². The van der Waals surface area contributed by atoms with Crippen molar-refractivity contribution in [2.45, 2.75) is 0 Å². The minimum Gasteiger partial charge on any atom is -0.478 e. The molecule has 0 fully saturated rings. The lowest BCUT2D eigenvalue weighted by atomic mass is 10.0. The smallest absolute Gasteiger partial charge is 0.335 e. The lowest BCUT2D eigenvalue weighted by Gasteiger charge is -2.06. The Kier molecular flexibility index (Phi) is 3.50. The molecule has 19 heavy (non-hydrogen) atoms. The maximum atomic E-state index is 13.9. The second-order valence-corrected chi connectivity index (χ2v) is 4.21. The van der Waals surface area contributed by atoms with E-state index in [0.29, 0.717) is 5.56 Å². The van der Waals surface area contributed by atoms with Gasteiger partial charge in [-0.25, -0.2) is 9.18 Å². The van der Waals surface area contributed by atoms with Crippen LogP contribution in [0, 0.1) is 17.1 Å². The Hall–Kier alpha value is -2.38. The summed E-state index contributed by atoms with van der Waals surface area (Å²) in [5.41, 5.74) is 0.796. The molecule has 0 saturated carbocycles. The number of nitrogens with zero attached hydrogens (tertiary/aromatic N) is 1. The van der Waals surface area contributed by atoms with Crippen LogP contribution >= 0.6 is 11.6 Å².